The normalized spacial score (nSPS) is 36.2. The number of phenols is 1. The summed E-state index contributed by atoms with van der Waals surface area (Å²) in [5, 5.41) is 21.3. The number of aromatic amines is 1. The number of aromatic nitrogens is 1. The zero-order valence-corrected chi connectivity index (χ0v) is 14.5. The van der Waals surface area contributed by atoms with E-state index in [0.29, 0.717) is 11.8 Å². The average molecular weight is 340 g/mol. The third-order valence-electron chi connectivity index (χ3n) is 6.98. The van der Waals surface area contributed by atoms with E-state index in [1.807, 2.05) is 6.07 Å². The van der Waals surface area contributed by atoms with Crippen molar-refractivity contribution in [2.24, 2.45) is 11.8 Å². The number of nitrogens with zero attached hydrogens (tertiary/aromatic N) is 1. The molecule has 3 aliphatic heterocycles. The molecule has 4 aliphatic rings. The Bertz CT molecular complexity index is 873. The standard InChI is InChI=1S/C20H24N2O3/c1-2-12-7-11-9-20(19(24)25)17-14(5-6-22(10-11)18(12)20)15-8-13(23)3-4-16(15)21-17/h3-4,8,11-12,18,21,23H,2,5-7,9-10H2,1H3,(H,24,25)/t11?,12-,18?,20-/m0/s1. The highest BCUT2D eigenvalue weighted by atomic mass is 16.4. The number of hydrogen-bond donors (Lipinski definition) is 3. The van der Waals surface area contributed by atoms with Crippen LogP contribution in [0.5, 0.6) is 5.75 Å². The predicted octanol–water partition coefficient (Wildman–Crippen LogP) is 2.87. The van der Waals surface area contributed by atoms with Gasteiger partial charge in [0, 0.05) is 35.7 Å². The molecule has 25 heavy (non-hydrogen) atoms. The highest BCUT2D eigenvalue weighted by Crippen LogP contribution is 2.55. The molecule has 5 nitrogen and oxygen atoms in total. The lowest BCUT2D eigenvalue weighted by atomic mass is 9.56. The number of nitrogens with one attached hydrogen (secondary N) is 1. The summed E-state index contributed by atoms with van der Waals surface area (Å²) in [6.07, 6.45) is 3.76. The van der Waals surface area contributed by atoms with Gasteiger partial charge in [0.05, 0.1) is 0 Å². The Hall–Kier alpha value is -2.01. The minimum absolute atomic E-state index is 0.0721. The van der Waals surface area contributed by atoms with Gasteiger partial charge in [-0.1, -0.05) is 13.3 Å². The Balaban J connectivity index is 1.81. The molecule has 4 heterocycles. The summed E-state index contributed by atoms with van der Waals surface area (Å²) in [7, 11) is 0. The van der Waals surface area contributed by atoms with Crippen LogP contribution in [0.3, 0.4) is 0 Å². The zero-order chi connectivity index (χ0) is 17.3. The molecular weight excluding hydrogens is 316 g/mol. The number of H-pyrrole nitrogens is 1. The summed E-state index contributed by atoms with van der Waals surface area (Å²) in [4.78, 5) is 18.6. The SMILES string of the molecule is CC[C@H]1CC2CN3CCc4c([nH]c5ccc(O)cc45)[C@@](C(=O)O)(C2)C13. The molecule has 3 fully saturated rings. The molecule has 0 amide bonds. The van der Waals surface area contributed by atoms with Crippen LogP contribution in [0.1, 0.15) is 37.4 Å². The number of fused-ring (bicyclic) bond motifs is 4. The lowest BCUT2D eigenvalue weighted by Crippen LogP contribution is -2.67. The Morgan fingerprint density at radius 2 is 2.28 bits per heavy atom. The van der Waals surface area contributed by atoms with Crippen molar-refractivity contribution in [3.8, 4) is 5.75 Å². The molecule has 5 heteroatoms. The van der Waals surface area contributed by atoms with E-state index in [9.17, 15) is 15.0 Å². The van der Waals surface area contributed by atoms with Gasteiger partial charge in [0.15, 0.2) is 0 Å². The number of piperidine rings is 2. The summed E-state index contributed by atoms with van der Waals surface area (Å²) >= 11 is 0. The van der Waals surface area contributed by atoms with Gasteiger partial charge in [-0.05, 0) is 54.9 Å². The van der Waals surface area contributed by atoms with E-state index in [-0.39, 0.29) is 11.8 Å². The molecule has 4 bridgehead atoms. The fourth-order valence-electron chi connectivity index (χ4n) is 6.14. The molecule has 132 valence electrons. The van der Waals surface area contributed by atoms with E-state index in [2.05, 4.69) is 16.8 Å². The maximum Gasteiger partial charge on any atom is 0.317 e. The van der Waals surface area contributed by atoms with Crippen molar-refractivity contribution < 1.29 is 15.0 Å². The van der Waals surface area contributed by atoms with Crippen molar-refractivity contribution in [2.75, 3.05) is 13.1 Å². The summed E-state index contributed by atoms with van der Waals surface area (Å²) in [6.45, 7) is 4.13. The topological polar surface area (TPSA) is 76.6 Å². The van der Waals surface area contributed by atoms with Gasteiger partial charge in [0.1, 0.15) is 11.2 Å². The van der Waals surface area contributed by atoms with Gasteiger partial charge >= 0.3 is 5.97 Å². The minimum atomic E-state index is -0.845. The number of carboxylic acid groups (broad SMARTS) is 1. The molecule has 1 aromatic heterocycles. The number of aromatic hydroxyl groups is 1. The van der Waals surface area contributed by atoms with Gasteiger partial charge in [0.2, 0.25) is 0 Å². The maximum atomic E-state index is 12.7. The number of carbonyl (C=O) groups is 1. The molecule has 0 spiro atoms. The van der Waals surface area contributed by atoms with Crippen LogP contribution >= 0.6 is 0 Å². The van der Waals surface area contributed by atoms with Crippen LogP contribution in [0.25, 0.3) is 10.9 Å². The third kappa shape index (κ3) is 1.85. The molecule has 2 saturated heterocycles. The molecule has 0 radical (unpaired) electrons. The van der Waals surface area contributed by atoms with E-state index in [4.69, 9.17) is 0 Å². The van der Waals surface area contributed by atoms with Gasteiger partial charge < -0.3 is 15.2 Å². The van der Waals surface area contributed by atoms with Crippen molar-refractivity contribution in [1.29, 1.82) is 0 Å². The van der Waals surface area contributed by atoms with Gasteiger partial charge in [-0.15, -0.1) is 0 Å². The second-order valence-electron chi connectivity index (χ2n) is 8.15. The summed E-state index contributed by atoms with van der Waals surface area (Å²) in [6, 6.07) is 5.38. The number of phenolic OH excluding ortho intramolecular Hbond substituents is 1. The Morgan fingerprint density at radius 1 is 1.44 bits per heavy atom. The van der Waals surface area contributed by atoms with Crippen LogP contribution in [-0.2, 0) is 16.6 Å². The Morgan fingerprint density at radius 3 is 3.04 bits per heavy atom. The van der Waals surface area contributed by atoms with Crippen LogP contribution < -0.4 is 0 Å². The van der Waals surface area contributed by atoms with E-state index in [1.54, 1.807) is 12.1 Å². The van der Waals surface area contributed by atoms with Crippen LogP contribution in [-0.4, -0.2) is 45.2 Å². The molecule has 1 aliphatic carbocycles. The quantitative estimate of drug-likeness (QED) is 0.786. The van der Waals surface area contributed by atoms with Gasteiger partial charge in [-0.2, -0.15) is 0 Å². The summed E-state index contributed by atoms with van der Waals surface area (Å²) in [5.74, 6) is 0.439. The first-order valence-corrected chi connectivity index (χ1v) is 9.36. The molecule has 2 aromatic rings. The molecule has 6 rings (SSSR count). The Labute approximate surface area is 146 Å². The predicted molar refractivity (Wildman–Crippen MR) is 94.8 cm³/mol. The van der Waals surface area contributed by atoms with E-state index < -0.39 is 11.4 Å². The zero-order valence-electron chi connectivity index (χ0n) is 14.5. The third-order valence-corrected chi connectivity index (χ3v) is 6.98. The van der Waals surface area contributed by atoms with Crippen LogP contribution in [0.4, 0.5) is 0 Å². The Kier molecular flexibility index (Phi) is 3.06. The lowest BCUT2D eigenvalue weighted by molar-refractivity contribution is -0.158. The number of aliphatic carboxylic acids is 1. The number of benzene rings is 1. The van der Waals surface area contributed by atoms with E-state index in [0.717, 1.165) is 60.9 Å². The largest absolute Gasteiger partial charge is 0.508 e. The highest BCUT2D eigenvalue weighted by Gasteiger charge is 2.62. The summed E-state index contributed by atoms with van der Waals surface area (Å²) in [5.41, 5.74) is 2.09. The lowest BCUT2D eigenvalue weighted by Gasteiger charge is -2.57. The molecule has 3 unspecified atom stereocenters. The van der Waals surface area contributed by atoms with Crippen molar-refractivity contribution in [3.63, 3.8) is 0 Å². The second-order valence-corrected chi connectivity index (χ2v) is 8.15. The number of hydrogen-bond acceptors (Lipinski definition) is 3. The molecule has 5 atom stereocenters. The number of carboxylic acids is 1. The summed E-state index contributed by atoms with van der Waals surface area (Å²) < 4.78 is 0. The van der Waals surface area contributed by atoms with Crippen molar-refractivity contribution in [3.05, 3.63) is 29.5 Å². The fraction of sp³-hybridized carbons (Fsp3) is 0.550. The van der Waals surface area contributed by atoms with Crippen LogP contribution in [0, 0.1) is 11.8 Å². The van der Waals surface area contributed by atoms with E-state index >= 15 is 0 Å². The maximum absolute atomic E-state index is 12.7. The van der Waals surface area contributed by atoms with Gasteiger partial charge in [0.25, 0.3) is 0 Å². The van der Waals surface area contributed by atoms with Crippen molar-refractivity contribution in [1.82, 2.24) is 9.88 Å². The molecule has 1 aromatic carbocycles. The molecule has 1 saturated carbocycles. The second kappa shape index (κ2) is 5.01. The van der Waals surface area contributed by atoms with Crippen LogP contribution in [0.15, 0.2) is 18.2 Å². The van der Waals surface area contributed by atoms with Gasteiger partial charge in [-0.3, -0.25) is 9.69 Å². The van der Waals surface area contributed by atoms with Crippen molar-refractivity contribution >= 4 is 16.9 Å². The highest BCUT2D eigenvalue weighted by molar-refractivity contribution is 5.91. The average Bonchev–Trinajstić information content (AvgIpc) is 2.92. The number of rotatable bonds is 2. The molecular formula is C20H24N2O3. The first kappa shape index (κ1) is 15.3. The first-order chi connectivity index (χ1) is 12.0. The van der Waals surface area contributed by atoms with Crippen LogP contribution in [0.2, 0.25) is 0 Å². The van der Waals surface area contributed by atoms with Crippen molar-refractivity contribution in [2.45, 2.75) is 44.1 Å². The monoisotopic (exact) mass is 340 g/mol. The molecule has 3 N–H and O–H groups in total. The fourth-order valence-corrected chi connectivity index (χ4v) is 6.14. The first-order valence-electron chi connectivity index (χ1n) is 9.36. The minimum Gasteiger partial charge on any atom is -0.508 e. The smallest absolute Gasteiger partial charge is 0.317 e. The van der Waals surface area contributed by atoms with E-state index in [1.165, 1.54) is 0 Å². The van der Waals surface area contributed by atoms with Gasteiger partial charge in [-0.25, -0.2) is 0 Å².